The van der Waals surface area contributed by atoms with Crippen molar-refractivity contribution in [2.45, 2.75) is 0 Å². The zero-order chi connectivity index (χ0) is 0. The van der Waals surface area contributed by atoms with Gasteiger partial charge in [0.15, 0.2) is 0 Å². The van der Waals surface area contributed by atoms with Crippen LogP contribution >= 0.6 is 0 Å². The van der Waals surface area contributed by atoms with Gasteiger partial charge in [-0.2, -0.15) is 0 Å². The van der Waals surface area contributed by atoms with E-state index in [9.17, 15) is 0 Å². The summed E-state index contributed by atoms with van der Waals surface area (Å²) in [6.07, 6.45) is 0. The van der Waals surface area contributed by atoms with Gasteiger partial charge >= 0.3 is 0 Å². The summed E-state index contributed by atoms with van der Waals surface area (Å²) in [7, 11) is 0. The third-order valence-electron chi connectivity index (χ3n) is 0. The fourth-order valence-corrected chi connectivity index (χ4v) is 0. The smallest absolute Gasteiger partial charge is 0 e. The Morgan fingerprint density at radius 3 is 1.00 bits per heavy atom. The molecule has 0 N–H and O–H groups in total. The monoisotopic (exact) mass is 364 g/mol. The van der Waals surface area contributed by atoms with Gasteiger partial charge in [0.1, 0.15) is 0 Å². The minimum atomic E-state index is 0. The van der Waals surface area contributed by atoms with E-state index >= 15 is 0 Å². The molecule has 0 aliphatic carbocycles. The largest absolute Gasteiger partial charge is 0.0125 e. The first-order valence-corrected chi connectivity index (χ1v) is 0. The molecule has 0 rings (SSSR count). The normalized spacial score (nSPS) is 0. The molecule has 4 heavy (non-hydrogen) atoms. The van der Waals surface area contributed by atoms with Crippen LogP contribution in [0, 0.1) is 0 Å². The van der Waals surface area contributed by atoms with Crippen LogP contribution in [0.25, 0.3) is 0 Å². The van der Waals surface area contributed by atoms with Crippen LogP contribution in [-0.4, -0.2) is 11.0 Å². The SMILES string of the molecule is [Cu].[Hf].[SiH3].[Zr]. The van der Waals surface area contributed by atoms with E-state index in [0.29, 0.717) is 0 Å². The minimum Gasteiger partial charge on any atom is -0.0125 e. The molecule has 4 heteroatoms. The van der Waals surface area contributed by atoms with E-state index in [2.05, 4.69) is 0 Å². The van der Waals surface area contributed by atoms with Gasteiger partial charge in [-0.05, 0) is 11.0 Å². The summed E-state index contributed by atoms with van der Waals surface area (Å²) in [6, 6.07) is 0. The molecule has 0 aromatic rings. The summed E-state index contributed by atoms with van der Waals surface area (Å²) < 4.78 is 0. The van der Waals surface area contributed by atoms with Crippen molar-refractivity contribution in [2.24, 2.45) is 0 Å². The van der Waals surface area contributed by atoms with Gasteiger partial charge in [0.05, 0.1) is 0 Å². The molecule has 0 aromatic heterocycles. The molecule has 2 radical (unpaired) electrons. The standard InChI is InChI=1S/Cu.Hf.H3Si.Zr/h;;1H3;. The van der Waals surface area contributed by atoms with Crippen molar-refractivity contribution in [2.75, 3.05) is 0 Å². The van der Waals surface area contributed by atoms with Crippen molar-refractivity contribution >= 4 is 11.0 Å². The second-order valence-electron chi connectivity index (χ2n) is 0. The zero-order valence-corrected chi connectivity index (χ0v) is 11.3. The van der Waals surface area contributed by atoms with Crippen LogP contribution in [0.1, 0.15) is 0 Å². The van der Waals surface area contributed by atoms with Crippen LogP contribution in [0.3, 0.4) is 0 Å². The Bertz CT molecular complexity index is 8.00. The molecular weight excluding hydrogens is 361 g/mol. The Labute approximate surface area is 78.9 Å². The second kappa shape index (κ2) is 17.9. The zero-order valence-electron chi connectivity index (χ0n) is 2.30. The molecule has 0 amide bonds. The van der Waals surface area contributed by atoms with Gasteiger partial charge in [-0.25, -0.2) is 0 Å². The van der Waals surface area contributed by atoms with E-state index < -0.39 is 0 Å². The van der Waals surface area contributed by atoms with Crippen molar-refractivity contribution in [3.8, 4) is 0 Å². The van der Waals surface area contributed by atoms with Crippen LogP contribution in [0.2, 0.25) is 0 Å². The van der Waals surface area contributed by atoms with Gasteiger partial charge < -0.3 is 0 Å². The summed E-state index contributed by atoms with van der Waals surface area (Å²) in [5.74, 6) is 0. The van der Waals surface area contributed by atoms with Crippen molar-refractivity contribution in [1.82, 2.24) is 0 Å². The van der Waals surface area contributed by atoms with Crippen LogP contribution in [0.4, 0.5) is 0 Å². The fraction of sp³-hybridized carbons (Fsp3) is 0. The van der Waals surface area contributed by atoms with Crippen molar-refractivity contribution < 1.29 is 69.1 Å². The molecule has 0 aliphatic heterocycles. The summed E-state index contributed by atoms with van der Waals surface area (Å²) in [5, 5.41) is 0. The molecule has 0 nitrogen and oxygen atoms in total. The van der Waals surface area contributed by atoms with Crippen LogP contribution < -0.4 is 0 Å². The summed E-state index contributed by atoms with van der Waals surface area (Å²) in [6.45, 7) is 0. The van der Waals surface area contributed by atoms with Gasteiger partial charge in [-0.15, -0.1) is 0 Å². The number of rotatable bonds is 0. The minimum absolute atomic E-state index is 0. The maximum absolute atomic E-state index is 0. The average Bonchev–Trinajstić information content (AvgIpc) is 0. The van der Waals surface area contributed by atoms with Gasteiger partial charge in [-0.1, -0.05) is 0 Å². The molecule has 26 valence electrons. The Balaban J connectivity index is 0. The second-order valence-corrected chi connectivity index (χ2v) is 0. The van der Waals surface area contributed by atoms with Crippen molar-refractivity contribution in [1.29, 1.82) is 0 Å². The third kappa shape index (κ3) is 8.82. The molecule has 0 spiro atoms. The molecule has 0 atom stereocenters. The Kier molecular flexibility index (Phi) is 141. The predicted molar refractivity (Wildman–Crippen MR) is 9.94 cm³/mol. The first-order valence-electron chi connectivity index (χ1n) is 0. The fourth-order valence-electron chi connectivity index (χ4n) is 0. The van der Waals surface area contributed by atoms with Crippen molar-refractivity contribution in [3.63, 3.8) is 0 Å². The van der Waals surface area contributed by atoms with Crippen LogP contribution in [-0.2, 0) is 69.1 Å². The Morgan fingerprint density at radius 1 is 1.00 bits per heavy atom. The van der Waals surface area contributed by atoms with E-state index in [0.717, 1.165) is 0 Å². The van der Waals surface area contributed by atoms with Gasteiger partial charge in [0, 0.05) is 69.1 Å². The van der Waals surface area contributed by atoms with Gasteiger partial charge in [0.2, 0.25) is 0 Å². The average molecular weight is 364 g/mol. The summed E-state index contributed by atoms with van der Waals surface area (Å²) in [5.41, 5.74) is 0. The van der Waals surface area contributed by atoms with E-state index in [4.69, 9.17) is 0 Å². The van der Waals surface area contributed by atoms with E-state index in [1.165, 1.54) is 0 Å². The Hall–Kier alpha value is 2.49. The number of hydrogen-bond donors (Lipinski definition) is 0. The molecule has 0 heterocycles. The molecule has 0 fully saturated rings. The van der Waals surface area contributed by atoms with E-state index in [-0.39, 0.29) is 80.1 Å². The number of hydrogen-bond acceptors (Lipinski definition) is 0. The molecule has 0 bridgehead atoms. The van der Waals surface area contributed by atoms with Crippen molar-refractivity contribution in [3.05, 3.63) is 0 Å². The first-order chi connectivity index (χ1) is 0. The quantitative estimate of drug-likeness (QED) is 0.475. The van der Waals surface area contributed by atoms with E-state index in [1.807, 2.05) is 0 Å². The Morgan fingerprint density at radius 2 is 1.00 bits per heavy atom. The molecule has 0 unspecified atom stereocenters. The molecular formula is H3CuHfSiZr. The maximum Gasteiger partial charge on any atom is 0 e. The summed E-state index contributed by atoms with van der Waals surface area (Å²) in [4.78, 5) is 0. The maximum atomic E-state index is 0. The molecule has 0 aromatic carbocycles. The third-order valence-corrected chi connectivity index (χ3v) is 0. The van der Waals surface area contributed by atoms with E-state index in [1.54, 1.807) is 0 Å². The predicted octanol–water partition coefficient (Wildman–Crippen LogP) is -1.19. The molecule has 0 aliphatic rings. The van der Waals surface area contributed by atoms with Crippen LogP contribution in [0.15, 0.2) is 0 Å². The molecule has 0 saturated heterocycles. The van der Waals surface area contributed by atoms with Gasteiger partial charge in [0.25, 0.3) is 0 Å². The molecule has 0 saturated carbocycles. The first kappa shape index (κ1) is 31.6. The topological polar surface area (TPSA) is 0 Å². The summed E-state index contributed by atoms with van der Waals surface area (Å²) >= 11 is 0. The van der Waals surface area contributed by atoms with Crippen LogP contribution in [0.5, 0.6) is 0 Å². The van der Waals surface area contributed by atoms with Gasteiger partial charge in [-0.3, -0.25) is 0 Å².